The van der Waals surface area contributed by atoms with E-state index in [-0.39, 0.29) is 5.75 Å². The zero-order valence-electron chi connectivity index (χ0n) is 17.3. The van der Waals surface area contributed by atoms with Gasteiger partial charge in [0.25, 0.3) is 0 Å². The van der Waals surface area contributed by atoms with Gasteiger partial charge in [-0.2, -0.15) is 0 Å². The Morgan fingerprint density at radius 1 is 0.733 bits per heavy atom. The number of halogens is 3. The molecular formula is C24H27Cl3O3. The number of hydrogen-bond acceptors (Lipinski definition) is 3. The Hall–Kier alpha value is -2.07. The lowest BCUT2D eigenvalue weighted by atomic mass is 10.1. The highest BCUT2D eigenvalue weighted by Gasteiger charge is 2.01. The van der Waals surface area contributed by atoms with Gasteiger partial charge in [-0.15, -0.1) is 0 Å². The van der Waals surface area contributed by atoms with Crippen molar-refractivity contribution in [2.45, 2.75) is 40.0 Å². The predicted octanol–water partition coefficient (Wildman–Crippen LogP) is 7.96. The number of rotatable bonds is 3. The van der Waals surface area contributed by atoms with E-state index < -0.39 is 0 Å². The molecule has 0 radical (unpaired) electrons. The topological polar surface area (TPSA) is 60.7 Å². The fraction of sp³-hybridized carbons (Fsp3) is 0.250. The summed E-state index contributed by atoms with van der Waals surface area (Å²) in [7, 11) is 0. The molecule has 3 N–H and O–H groups in total. The molecule has 3 aromatic rings. The second kappa shape index (κ2) is 13.3. The van der Waals surface area contributed by atoms with Crippen molar-refractivity contribution in [3.8, 4) is 17.2 Å². The van der Waals surface area contributed by atoms with Crippen LogP contribution >= 0.6 is 34.8 Å². The van der Waals surface area contributed by atoms with Crippen molar-refractivity contribution in [2.24, 2.45) is 0 Å². The molecule has 0 aliphatic heterocycles. The van der Waals surface area contributed by atoms with E-state index in [1.54, 1.807) is 61.5 Å². The Bertz CT molecular complexity index is 923. The molecule has 0 unspecified atom stereocenters. The molecule has 0 atom stereocenters. The highest BCUT2D eigenvalue weighted by molar-refractivity contribution is 6.31. The van der Waals surface area contributed by atoms with E-state index in [0.717, 1.165) is 36.0 Å². The molecule has 3 nitrogen and oxygen atoms in total. The molecule has 0 bridgehead atoms. The van der Waals surface area contributed by atoms with Crippen LogP contribution in [0.15, 0.2) is 54.6 Å². The summed E-state index contributed by atoms with van der Waals surface area (Å²) in [5.41, 5.74) is 2.56. The maximum Gasteiger partial charge on any atom is 0.120 e. The molecule has 6 heteroatoms. The molecule has 3 rings (SSSR count). The predicted molar refractivity (Wildman–Crippen MR) is 127 cm³/mol. The van der Waals surface area contributed by atoms with Crippen LogP contribution in [0.2, 0.25) is 15.1 Å². The van der Waals surface area contributed by atoms with Crippen LogP contribution in [0.5, 0.6) is 17.2 Å². The van der Waals surface area contributed by atoms with Crippen molar-refractivity contribution < 1.29 is 15.3 Å². The van der Waals surface area contributed by atoms with Crippen LogP contribution in [0.25, 0.3) is 0 Å². The van der Waals surface area contributed by atoms with Crippen LogP contribution in [-0.2, 0) is 12.8 Å². The van der Waals surface area contributed by atoms with Gasteiger partial charge in [-0.3, -0.25) is 0 Å². The van der Waals surface area contributed by atoms with Gasteiger partial charge < -0.3 is 15.3 Å². The summed E-state index contributed by atoms with van der Waals surface area (Å²) < 4.78 is 0. The first kappa shape index (κ1) is 26.0. The van der Waals surface area contributed by atoms with Gasteiger partial charge in [0, 0.05) is 20.6 Å². The van der Waals surface area contributed by atoms with Crippen molar-refractivity contribution in [3.05, 3.63) is 86.4 Å². The Morgan fingerprint density at radius 2 is 1.33 bits per heavy atom. The molecule has 0 saturated carbocycles. The number of benzene rings is 3. The number of phenols is 3. The van der Waals surface area contributed by atoms with E-state index in [0.29, 0.717) is 26.6 Å². The quantitative estimate of drug-likeness (QED) is 0.364. The fourth-order valence-electron chi connectivity index (χ4n) is 2.54. The van der Waals surface area contributed by atoms with Gasteiger partial charge in [-0.05, 0) is 79.4 Å². The maximum atomic E-state index is 9.31. The second-order valence-electron chi connectivity index (χ2n) is 6.54. The standard InChI is InChI=1S/C9H11ClO.C8H9ClO.C7H7ClO/c1-2-3-7-6-8(10)4-5-9(7)11;1-2-6-7(9)4-3-5-8(6)10;1-5-4-6(8)2-3-7(5)9/h4-6,11H,2-3H2,1H3;3-5,10H,2H2,1H3;2-4,9H,1H3. The van der Waals surface area contributed by atoms with Crippen molar-refractivity contribution in [2.75, 3.05) is 0 Å². The van der Waals surface area contributed by atoms with E-state index in [1.165, 1.54) is 0 Å². The van der Waals surface area contributed by atoms with Crippen molar-refractivity contribution in [1.29, 1.82) is 0 Å². The molecule has 0 spiro atoms. The molecule has 0 saturated heterocycles. The van der Waals surface area contributed by atoms with E-state index in [1.807, 2.05) is 6.92 Å². The lowest BCUT2D eigenvalue weighted by Crippen LogP contribution is -1.83. The minimum atomic E-state index is 0.287. The normalized spacial score (nSPS) is 9.80. The van der Waals surface area contributed by atoms with Gasteiger partial charge in [0.15, 0.2) is 0 Å². The molecule has 0 fully saturated rings. The van der Waals surface area contributed by atoms with Crippen LogP contribution in [0.3, 0.4) is 0 Å². The summed E-state index contributed by atoms with van der Waals surface area (Å²) in [5.74, 6) is 0.922. The third-order valence-corrected chi connectivity index (χ3v) is 4.99. The van der Waals surface area contributed by atoms with E-state index in [9.17, 15) is 10.2 Å². The zero-order valence-corrected chi connectivity index (χ0v) is 19.6. The minimum Gasteiger partial charge on any atom is -0.508 e. The van der Waals surface area contributed by atoms with Crippen LogP contribution < -0.4 is 0 Å². The van der Waals surface area contributed by atoms with Gasteiger partial charge in [0.05, 0.1) is 0 Å². The summed E-state index contributed by atoms with van der Waals surface area (Å²) in [4.78, 5) is 0. The summed E-state index contributed by atoms with van der Waals surface area (Å²) in [6, 6.07) is 15.2. The smallest absolute Gasteiger partial charge is 0.120 e. The molecule has 0 heterocycles. The van der Waals surface area contributed by atoms with Gasteiger partial charge in [-0.1, -0.05) is 61.1 Å². The molecule has 3 aromatic carbocycles. The van der Waals surface area contributed by atoms with Crippen molar-refractivity contribution >= 4 is 34.8 Å². The fourth-order valence-corrected chi connectivity index (χ4v) is 3.26. The average molecular weight is 470 g/mol. The number of aromatic hydroxyl groups is 3. The highest BCUT2D eigenvalue weighted by Crippen LogP contribution is 2.25. The van der Waals surface area contributed by atoms with Crippen LogP contribution in [0, 0.1) is 6.92 Å². The summed E-state index contributed by atoms with van der Waals surface area (Å²) in [6.45, 7) is 5.84. The molecule has 0 aliphatic rings. The summed E-state index contributed by atoms with van der Waals surface area (Å²) >= 11 is 17.1. The van der Waals surface area contributed by atoms with E-state index in [4.69, 9.17) is 39.9 Å². The summed E-state index contributed by atoms with van der Waals surface area (Å²) in [6.07, 6.45) is 2.67. The monoisotopic (exact) mass is 468 g/mol. The van der Waals surface area contributed by atoms with Crippen molar-refractivity contribution in [3.63, 3.8) is 0 Å². The van der Waals surface area contributed by atoms with Gasteiger partial charge >= 0.3 is 0 Å². The highest BCUT2D eigenvalue weighted by atomic mass is 35.5. The Labute approximate surface area is 193 Å². The Balaban J connectivity index is 0.000000226. The maximum absolute atomic E-state index is 9.31. The molecule has 0 aliphatic carbocycles. The first-order chi connectivity index (χ1) is 14.2. The number of hydrogen-bond donors (Lipinski definition) is 3. The van der Waals surface area contributed by atoms with Gasteiger partial charge in [0.2, 0.25) is 0 Å². The van der Waals surface area contributed by atoms with Crippen molar-refractivity contribution in [1.82, 2.24) is 0 Å². The first-order valence-electron chi connectivity index (χ1n) is 9.58. The molecular weight excluding hydrogens is 443 g/mol. The zero-order chi connectivity index (χ0) is 22.7. The van der Waals surface area contributed by atoms with Gasteiger partial charge in [0.1, 0.15) is 17.2 Å². The molecule has 162 valence electrons. The molecule has 30 heavy (non-hydrogen) atoms. The van der Waals surface area contributed by atoms with E-state index >= 15 is 0 Å². The van der Waals surface area contributed by atoms with E-state index in [2.05, 4.69) is 6.92 Å². The Kier molecular flexibility index (Phi) is 11.5. The molecule has 0 amide bonds. The SMILES string of the molecule is CCCc1cc(Cl)ccc1O.CCc1c(O)cccc1Cl.Cc1cc(Cl)ccc1O. The largest absolute Gasteiger partial charge is 0.508 e. The Morgan fingerprint density at radius 3 is 1.80 bits per heavy atom. The minimum absolute atomic E-state index is 0.287. The summed E-state index contributed by atoms with van der Waals surface area (Å²) in [5, 5.41) is 29.5. The lowest BCUT2D eigenvalue weighted by molar-refractivity contribution is 0.467. The van der Waals surface area contributed by atoms with Crippen LogP contribution in [0.4, 0.5) is 0 Å². The van der Waals surface area contributed by atoms with Crippen LogP contribution in [0.1, 0.15) is 37.0 Å². The number of aryl methyl sites for hydroxylation is 2. The number of phenolic OH excluding ortho intramolecular Hbond substituents is 3. The average Bonchev–Trinajstić information content (AvgIpc) is 2.69. The second-order valence-corrected chi connectivity index (χ2v) is 7.82. The third-order valence-electron chi connectivity index (χ3n) is 4.17. The third kappa shape index (κ3) is 8.74. The van der Waals surface area contributed by atoms with Crippen LogP contribution in [-0.4, -0.2) is 15.3 Å². The lowest BCUT2D eigenvalue weighted by Gasteiger charge is -2.01. The van der Waals surface area contributed by atoms with Gasteiger partial charge in [-0.25, -0.2) is 0 Å². The molecule has 0 aromatic heterocycles. The first-order valence-corrected chi connectivity index (χ1v) is 10.7.